The van der Waals surface area contributed by atoms with E-state index in [4.69, 9.17) is 9.47 Å². The van der Waals surface area contributed by atoms with E-state index in [2.05, 4.69) is 26.0 Å². The molecule has 13 nitrogen and oxygen atoms in total. The first-order valence-corrected chi connectivity index (χ1v) is 15.8. The van der Waals surface area contributed by atoms with Crippen LogP contribution in [0.25, 0.3) is 11.4 Å². The number of hydrogen-bond donors (Lipinski definition) is 2. The number of nitrogens with zero attached hydrogens (tertiary/aromatic N) is 5. The maximum absolute atomic E-state index is 14.2. The third-order valence-corrected chi connectivity index (χ3v) is 8.37. The summed E-state index contributed by atoms with van der Waals surface area (Å²) in [5, 5.41) is 18.8. The molecule has 1 aromatic heterocycles. The van der Waals surface area contributed by atoms with Crippen molar-refractivity contribution in [2.45, 2.75) is 102 Å². The first-order valence-electron chi connectivity index (χ1n) is 15.8. The average Bonchev–Trinajstić information content (AvgIpc) is 3.31. The number of alkyl carbamates (subject to hydrolysis) is 1. The van der Waals surface area contributed by atoms with Crippen molar-refractivity contribution in [2.24, 2.45) is 5.92 Å². The minimum Gasteiger partial charge on any atom is -0.464 e. The molecule has 1 aromatic carbocycles. The lowest BCUT2D eigenvalue weighted by molar-refractivity contribution is -0.150. The highest BCUT2D eigenvalue weighted by Gasteiger charge is 2.62. The highest BCUT2D eigenvalue weighted by molar-refractivity contribution is 5.96. The second-order valence-electron chi connectivity index (χ2n) is 13.0. The number of fused-ring (bicyclic) bond motifs is 2. The zero-order valence-electron chi connectivity index (χ0n) is 26.4. The molecule has 3 aliphatic rings. The summed E-state index contributed by atoms with van der Waals surface area (Å²) in [5.74, 6) is -1.13. The number of carbonyl (C=O) groups is 4. The maximum Gasteiger partial charge on any atom is 0.408 e. The molecule has 0 unspecified atom stereocenters. The molecule has 0 bridgehead atoms. The topological polar surface area (TPSA) is 158 Å². The van der Waals surface area contributed by atoms with E-state index in [9.17, 15) is 19.2 Å². The van der Waals surface area contributed by atoms with Crippen LogP contribution in [0.2, 0.25) is 0 Å². The predicted molar refractivity (Wildman–Crippen MR) is 163 cm³/mol. The van der Waals surface area contributed by atoms with E-state index in [0.29, 0.717) is 25.1 Å². The fraction of sp³-hybridized carbons (Fsp3) is 0.594. The van der Waals surface area contributed by atoms with Gasteiger partial charge in [-0.1, -0.05) is 55.3 Å². The van der Waals surface area contributed by atoms with Crippen LogP contribution in [0.1, 0.15) is 78.7 Å². The van der Waals surface area contributed by atoms with E-state index < -0.39 is 53.1 Å². The van der Waals surface area contributed by atoms with Gasteiger partial charge in [0.25, 0.3) is 0 Å². The monoisotopic (exact) mass is 621 g/mol. The lowest BCUT2D eigenvalue weighted by Crippen LogP contribution is -2.56. The van der Waals surface area contributed by atoms with Gasteiger partial charge < -0.3 is 25.0 Å². The van der Waals surface area contributed by atoms with Gasteiger partial charge in [-0.25, -0.2) is 9.59 Å². The summed E-state index contributed by atoms with van der Waals surface area (Å²) in [4.78, 5) is 57.1. The third kappa shape index (κ3) is 7.51. The van der Waals surface area contributed by atoms with Crippen LogP contribution in [0, 0.1) is 5.92 Å². The van der Waals surface area contributed by atoms with Crippen LogP contribution < -0.4 is 10.6 Å². The summed E-state index contributed by atoms with van der Waals surface area (Å²) < 4.78 is 10.8. The molecule has 2 aliphatic heterocycles. The number of carbonyl (C=O) groups excluding carboxylic acids is 4. The number of rotatable bonds is 5. The Morgan fingerprint density at radius 1 is 1.13 bits per heavy atom. The van der Waals surface area contributed by atoms with Crippen LogP contribution in [0.15, 0.2) is 42.5 Å². The predicted octanol–water partition coefficient (Wildman–Crippen LogP) is 3.33. The van der Waals surface area contributed by atoms with Gasteiger partial charge in [0, 0.05) is 24.4 Å². The van der Waals surface area contributed by atoms with E-state index in [1.807, 2.05) is 42.5 Å². The van der Waals surface area contributed by atoms with Crippen molar-refractivity contribution < 1.29 is 28.7 Å². The fourth-order valence-electron chi connectivity index (χ4n) is 6.02. The van der Waals surface area contributed by atoms with Gasteiger partial charge in [-0.05, 0) is 58.6 Å². The molecule has 1 saturated heterocycles. The molecule has 1 aliphatic carbocycles. The van der Waals surface area contributed by atoms with Crippen molar-refractivity contribution in [1.29, 1.82) is 0 Å². The Morgan fingerprint density at radius 3 is 2.64 bits per heavy atom. The van der Waals surface area contributed by atoms with Gasteiger partial charge in [-0.2, -0.15) is 4.80 Å². The Kier molecular flexibility index (Phi) is 9.54. The molecular formula is C32H43N7O6. The summed E-state index contributed by atoms with van der Waals surface area (Å²) in [6.07, 6.45) is 7.53. The normalized spacial score (nSPS) is 28.0. The van der Waals surface area contributed by atoms with Crippen LogP contribution >= 0.6 is 0 Å². The Morgan fingerprint density at radius 2 is 1.91 bits per heavy atom. The standard InChI is InChI=1S/C32H43N7O6/c1-5-44-29(42)32-19-22(32)16-12-7-6-8-13-17-24(33-30(43)45-31(2,3)4)28(41)38-20-23(18-25(38)27(40)34-32)39-36-26(35-37-39)21-14-10-9-11-15-21/h9-12,14-16,22-25H,5-8,13,17-20H2,1-4H3,(H,33,43)(H,34,40)/b16-12-/t22-,23-,24+,25+,32-/m1/s1. The number of amides is 3. The van der Waals surface area contributed by atoms with E-state index in [1.165, 1.54) is 9.70 Å². The summed E-state index contributed by atoms with van der Waals surface area (Å²) >= 11 is 0. The minimum atomic E-state index is -1.18. The largest absolute Gasteiger partial charge is 0.464 e. The SMILES string of the molecule is CCOC(=O)[C@@]12C[C@H]1/C=C\CCCCC[C@H](NC(=O)OC(C)(C)C)C(=O)N1C[C@H](n3nnc(-c4ccccc4)n3)C[C@H]1C(=O)N2. The molecule has 5 rings (SSSR count). The van der Waals surface area contributed by atoms with Crippen LogP contribution in [0.4, 0.5) is 4.79 Å². The van der Waals surface area contributed by atoms with E-state index in [1.54, 1.807) is 27.7 Å². The number of esters is 1. The molecule has 3 amide bonds. The molecule has 13 heteroatoms. The van der Waals surface area contributed by atoms with Crippen LogP contribution in [0.5, 0.6) is 0 Å². The third-order valence-electron chi connectivity index (χ3n) is 8.37. The fourth-order valence-corrected chi connectivity index (χ4v) is 6.02. The number of nitrogens with one attached hydrogen (secondary N) is 2. The summed E-state index contributed by atoms with van der Waals surface area (Å²) in [6.45, 7) is 7.28. The lowest BCUT2D eigenvalue weighted by atomic mass is 10.0. The van der Waals surface area contributed by atoms with Crippen molar-refractivity contribution >= 4 is 23.9 Å². The highest BCUT2D eigenvalue weighted by atomic mass is 16.6. The second-order valence-corrected chi connectivity index (χ2v) is 13.0. The Bertz CT molecular complexity index is 1420. The second kappa shape index (κ2) is 13.4. The molecule has 3 heterocycles. The van der Waals surface area contributed by atoms with Gasteiger partial charge in [0.2, 0.25) is 17.6 Å². The zero-order valence-corrected chi connectivity index (χ0v) is 26.4. The number of aromatic nitrogens is 4. The van der Waals surface area contributed by atoms with E-state index in [0.717, 1.165) is 24.8 Å². The lowest BCUT2D eigenvalue weighted by Gasteiger charge is -2.30. The van der Waals surface area contributed by atoms with Crippen molar-refractivity contribution in [2.75, 3.05) is 13.2 Å². The average molecular weight is 622 g/mol. The summed E-state index contributed by atoms with van der Waals surface area (Å²) in [6, 6.07) is 7.07. The smallest absolute Gasteiger partial charge is 0.408 e. The number of benzene rings is 1. The number of tetrazole rings is 1. The van der Waals surface area contributed by atoms with Crippen molar-refractivity contribution in [3.63, 3.8) is 0 Å². The van der Waals surface area contributed by atoms with E-state index >= 15 is 0 Å². The first-order chi connectivity index (χ1) is 21.5. The first kappa shape index (κ1) is 32.1. The van der Waals surface area contributed by atoms with Crippen molar-refractivity contribution in [1.82, 2.24) is 35.7 Å². The van der Waals surface area contributed by atoms with Gasteiger partial charge in [0.1, 0.15) is 23.2 Å². The van der Waals surface area contributed by atoms with Gasteiger partial charge in [0.15, 0.2) is 0 Å². The minimum absolute atomic E-state index is 0.115. The number of ether oxygens (including phenoxy) is 2. The Labute approximate surface area is 263 Å². The van der Waals surface area contributed by atoms with Crippen molar-refractivity contribution in [3.05, 3.63) is 42.5 Å². The highest BCUT2D eigenvalue weighted by Crippen LogP contribution is 2.46. The Hall–Kier alpha value is -4.29. The molecule has 242 valence electrons. The number of allylic oxidation sites excluding steroid dienone is 1. The zero-order chi connectivity index (χ0) is 32.2. The molecule has 2 N–H and O–H groups in total. The molecule has 5 atom stereocenters. The molecule has 0 radical (unpaired) electrons. The van der Waals surface area contributed by atoms with Gasteiger partial charge >= 0.3 is 12.1 Å². The summed E-state index contributed by atoms with van der Waals surface area (Å²) in [7, 11) is 0. The van der Waals surface area contributed by atoms with Crippen LogP contribution in [-0.2, 0) is 23.9 Å². The molecular weight excluding hydrogens is 578 g/mol. The molecule has 0 spiro atoms. The van der Waals surface area contributed by atoms with Gasteiger partial charge in [-0.15, -0.1) is 10.2 Å². The molecule has 45 heavy (non-hydrogen) atoms. The molecule has 2 fully saturated rings. The van der Waals surface area contributed by atoms with Crippen LogP contribution in [0.3, 0.4) is 0 Å². The van der Waals surface area contributed by atoms with Crippen LogP contribution in [-0.4, -0.2) is 85.4 Å². The van der Waals surface area contributed by atoms with Crippen molar-refractivity contribution in [3.8, 4) is 11.4 Å². The van der Waals surface area contributed by atoms with Gasteiger partial charge in [0.05, 0.1) is 12.6 Å². The maximum atomic E-state index is 14.2. The number of hydrogen-bond acceptors (Lipinski definition) is 9. The summed E-state index contributed by atoms with van der Waals surface area (Å²) in [5.41, 5.74) is -1.15. The van der Waals surface area contributed by atoms with Gasteiger partial charge in [-0.3, -0.25) is 9.59 Å². The quantitative estimate of drug-likeness (QED) is 0.377. The Balaban J connectivity index is 1.45. The van der Waals surface area contributed by atoms with E-state index in [-0.39, 0.29) is 25.5 Å². The molecule has 1 saturated carbocycles. The molecule has 2 aromatic rings.